The van der Waals surface area contributed by atoms with E-state index in [1.54, 1.807) is 23.7 Å². The Balaban J connectivity index is 2.22. The first kappa shape index (κ1) is 13.2. The molecule has 2 heterocycles. The van der Waals surface area contributed by atoms with Crippen molar-refractivity contribution < 1.29 is 5.11 Å². The first-order valence-corrected chi connectivity index (χ1v) is 6.94. The van der Waals surface area contributed by atoms with Gasteiger partial charge in [-0.3, -0.25) is 4.98 Å². The van der Waals surface area contributed by atoms with Crippen LogP contribution in [0.2, 0.25) is 0 Å². The fourth-order valence-electron chi connectivity index (χ4n) is 2.00. The normalized spacial score (nSPS) is 14.4. The molecule has 0 saturated heterocycles. The van der Waals surface area contributed by atoms with Gasteiger partial charge in [-0.25, -0.2) is 0 Å². The highest BCUT2D eigenvalue weighted by Crippen LogP contribution is 2.33. The molecule has 4 heteroatoms. The minimum absolute atomic E-state index is 0.0728. The molecule has 3 nitrogen and oxygen atoms in total. The zero-order chi connectivity index (χ0) is 13.0. The predicted octanol–water partition coefficient (Wildman–Crippen LogP) is 2.48. The molecule has 0 aromatic carbocycles. The average molecular weight is 262 g/mol. The number of aliphatic hydroxyl groups excluding tert-OH is 1. The summed E-state index contributed by atoms with van der Waals surface area (Å²) >= 11 is 1.66. The highest BCUT2D eigenvalue weighted by atomic mass is 32.1. The number of hydrogen-bond acceptors (Lipinski definition) is 4. The molecule has 96 valence electrons. The molecule has 2 aromatic rings. The van der Waals surface area contributed by atoms with E-state index in [9.17, 15) is 5.11 Å². The lowest BCUT2D eigenvalue weighted by molar-refractivity contribution is 0.151. The molecule has 0 spiro atoms. The minimum atomic E-state index is -0.539. The third kappa shape index (κ3) is 2.77. The third-order valence-corrected chi connectivity index (χ3v) is 4.39. The summed E-state index contributed by atoms with van der Waals surface area (Å²) in [6, 6.07) is 7.89. The Hall–Kier alpha value is -1.23. The molecular weight excluding hydrogens is 244 g/mol. The number of aryl methyl sites for hydroxylation is 1. The maximum atomic E-state index is 10.5. The number of aromatic nitrogens is 1. The zero-order valence-electron chi connectivity index (χ0n) is 10.4. The first-order valence-electron chi connectivity index (χ1n) is 6.13. The number of thiophene rings is 1. The van der Waals surface area contributed by atoms with Crippen molar-refractivity contribution in [3.05, 3.63) is 52.0 Å². The number of hydrogen-bond donors (Lipinski definition) is 2. The van der Waals surface area contributed by atoms with E-state index in [4.69, 9.17) is 5.73 Å². The van der Waals surface area contributed by atoms with Crippen LogP contribution in [0.25, 0.3) is 0 Å². The highest BCUT2D eigenvalue weighted by molar-refractivity contribution is 7.12. The quantitative estimate of drug-likeness (QED) is 0.870. The van der Waals surface area contributed by atoms with Crippen molar-refractivity contribution >= 4 is 11.3 Å². The number of pyridine rings is 1. The lowest BCUT2D eigenvalue weighted by Crippen LogP contribution is -2.19. The molecule has 3 N–H and O–H groups in total. The number of aliphatic hydroxyl groups is 1. The third-order valence-electron chi connectivity index (χ3n) is 3.09. The number of nitrogens with two attached hydrogens (primary N) is 1. The summed E-state index contributed by atoms with van der Waals surface area (Å²) < 4.78 is 0. The standard InChI is InChI=1S/C14H18N2OS/c1-2-11-3-4-13(18-11)14(17)12(9-15)10-5-7-16-8-6-10/h3-8,12,14,17H,2,9,15H2,1H3. The molecule has 2 atom stereocenters. The maximum Gasteiger partial charge on any atom is 0.0962 e. The van der Waals surface area contributed by atoms with Gasteiger partial charge in [-0.15, -0.1) is 11.3 Å². The SMILES string of the molecule is CCc1ccc(C(O)C(CN)c2ccncc2)s1. The van der Waals surface area contributed by atoms with E-state index in [2.05, 4.69) is 18.0 Å². The van der Waals surface area contributed by atoms with Crippen molar-refractivity contribution in [1.82, 2.24) is 4.98 Å². The average Bonchev–Trinajstić information content (AvgIpc) is 2.89. The summed E-state index contributed by atoms with van der Waals surface area (Å²) in [5.74, 6) is -0.0728. The Kier molecular flexibility index (Phi) is 4.47. The summed E-state index contributed by atoms with van der Waals surface area (Å²) in [7, 11) is 0. The molecule has 0 fully saturated rings. The van der Waals surface area contributed by atoms with Gasteiger partial charge in [0.2, 0.25) is 0 Å². The van der Waals surface area contributed by atoms with Gasteiger partial charge in [-0.1, -0.05) is 6.92 Å². The molecule has 18 heavy (non-hydrogen) atoms. The molecule has 0 aliphatic rings. The number of rotatable bonds is 5. The monoisotopic (exact) mass is 262 g/mol. The summed E-state index contributed by atoms with van der Waals surface area (Å²) in [5, 5.41) is 10.5. The topological polar surface area (TPSA) is 59.1 Å². The fourth-order valence-corrected chi connectivity index (χ4v) is 3.00. The van der Waals surface area contributed by atoms with Gasteiger partial charge in [0, 0.05) is 34.6 Å². The second-order valence-corrected chi connectivity index (χ2v) is 5.43. The van der Waals surface area contributed by atoms with Gasteiger partial charge in [-0.2, -0.15) is 0 Å². The van der Waals surface area contributed by atoms with E-state index in [0.717, 1.165) is 16.9 Å². The zero-order valence-corrected chi connectivity index (χ0v) is 11.2. The molecule has 0 aliphatic heterocycles. The Bertz CT molecular complexity index is 484. The van der Waals surface area contributed by atoms with Gasteiger partial charge in [0.05, 0.1) is 6.10 Å². The van der Waals surface area contributed by atoms with Crippen LogP contribution in [0.5, 0.6) is 0 Å². The van der Waals surface area contributed by atoms with Crippen molar-refractivity contribution in [3.8, 4) is 0 Å². The molecule has 0 bridgehead atoms. The van der Waals surface area contributed by atoms with E-state index in [-0.39, 0.29) is 5.92 Å². The smallest absolute Gasteiger partial charge is 0.0962 e. The maximum absolute atomic E-state index is 10.5. The van der Waals surface area contributed by atoms with Crippen LogP contribution in [0.3, 0.4) is 0 Å². The highest BCUT2D eigenvalue weighted by Gasteiger charge is 2.22. The Morgan fingerprint density at radius 2 is 2.00 bits per heavy atom. The second-order valence-electron chi connectivity index (χ2n) is 4.23. The minimum Gasteiger partial charge on any atom is -0.387 e. The van der Waals surface area contributed by atoms with Crippen LogP contribution in [0.1, 0.15) is 34.3 Å². The van der Waals surface area contributed by atoms with E-state index in [1.807, 2.05) is 18.2 Å². The van der Waals surface area contributed by atoms with Crippen molar-refractivity contribution in [2.45, 2.75) is 25.4 Å². The van der Waals surface area contributed by atoms with Crippen LogP contribution in [0.15, 0.2) is 36.7 Å². The van der Waals surface area contributed by atoms with Crippen LogP contribution in [-0.4, -0.2) is 16.6 Å². The number of nitrogens with zero attached hydrogens (tertiary/aromatic N) is 1. The fraction of sp³-hybridized carbons (Fsp3) is 0.357. The largest absolute Gasteiger partial charge is 0.387 e. The van der Waals surface area contributed by atoms with Crippen LogP contribution < -0.4 is 5.73 Å². The molecule has 2 aromatic heterocycles. The molecule has 0 amide bonds. The van der Waals surface area contributed by atoms with Crippen molar-refractivity contribution in [2.75, 3.05) is 6.54 Å². The summed E-state index contributed by atoms with van der Waals surface area (Å²) in [5.41, 5.74) is 6.84. The molecule has 0 radical (unpaired) electrons. The van der Waals surface area contributed by atoms with Crippen molar-refractivity contribution in [2.24, 2.45) is 5.73 Å². The van der Waals surface area contributed by atoms with Gasteiger partial charge in [0.1, 0.15) is 0 Å². The van der Waals surface area contributed by atoms with Crippen molar-refractivity contribution in [1.29, 1.82) is 0 Å². The predicted molar refractivity (Wildman–Crippen MR) is 74.7 cm³/mol. The van der Waals surface area contributed by atoms with Gasteiger partial charge >= 0.3 is 0 Å². The van der Waals surface area contributed by atoms with Gasteiger partial charge < -0.3 is 10.8 Å². The van der Waals surface area contributed by atoms with E-state index < -0.39 is 6.10 Å². The lowest BCUT2D eigenvalue weighted by Gasteiger charge is -2.20. The van der Waals surface area contributed by atoms with Gasteiger partial charge in [0.15, 0.2) is 0 Å². The summed E-state index contributed by atoms with van der Waals surface area (Å²) in [4.78, 5) is 6.26. The van der Waals surface area contributed by atoms with Crippen molar-refractivity contribution in [3.63, 3.8) is 0 Å². The Morgan fingerprint density at radius 1 is 1.28 bits per heavy atom. The molecule has 2 rings (SSSR count). The first-order chi connectivity index (χ1) is 8.76. The van der Waals surface area contributed by atoms with E-state index >= 15 is 0 Å². The van der Waals surface area contributed by atoms with Gasteiger partial charge in [-0.05, 0) is 36.2 Å². The Labute approximate surface area is 111 Å². The van der Waals surface area contributed by atoms with E-state index in [1.165, 1.54) is 4.88 Å². The van der Waals surface area contributed by atoms with Gasteiger partial charge in [0.25, 0.3) is 0 Å². The Morgan fingerprint density at radius 3 is 2.56 bits per heavy atom. The van der Waals surface area contributed by atoms with Crippen LogP contribution >= 0.6 is 11.3 Å². The van der Waals surface area contributed by atoms with Crippen LogP contribution in [0.4, 0.5) is 0 Å². The summed E-state index contributed by atoms with van der Waals surface area (Å²) in [6.45, 7) is 2.54. The second kappa shape index (κ2) is 6.09. The molecular formula is C14H18N2OS. The van der Waals surface area contributed by atoms with E-state index in [0.29, 0.717) is 6.54 Å². The van der Waals surface area contributed by atoms with Crippen LogP contribution in [-0.2, 0) is 6.42 Å². The molecule has 0 aliphatic carbocycles. The lowest BCUT2D eigenvalue weighted by atomic mass is 9.93. The summed E-state index contributed by atoms with van der Waals surface area (Å²) in [6.07, 6.45) is 3.93. The molecule has 0 saturated carbocycles. The van der Waals surface area contributed by atoms with Crippen LogP contribution in [0, 0.1) is 0 Å². The molecule has 2 unspecified atom stereocenters.